The van der Waals surface area contributed by atoms with Crippen molar-refractivity contribution in [2.75, 3.05) is 13.7 Å². The first kappa shape index (κ1) is 27.5. The number of allylic oxidation sites excluding steroid dienone is 1. The van der Waals surface area contributed by atoms with Crippen LogP contribution in [0.2, 0.25) is 0 Å². The number of thiazole rings is 1. The minimum absolute atomic E-state index is 0.205. The Kier molecular flexibility index (Phi) is 7.16. The predicted molar refractivity (Wildman–Crippen MR) is 166 cm³/mol. The number of aryl methyl sites for hydroxylation is 1. The quantitative estimate of drug-likeness (QED) is 0.255. The zero-order valence-corrected chi connectivity index (χ0v) is 25.0. The Morgan fingerprint density at radius 1 is 1.02 bits per heavy atom. The fourth-order valence-corrected chi connectivity index (χ4v) is 6.89. The molecule has 212 valence electrons. The van der Waals surface area contributed by atoms with Crippen molar-refractivity contribution in [2.24, 2.45) is 4.99 Å². The Morgan fingerprint density at radius 3 is 2.50 bits per heavy atom. The van der Waals surface area contributed by atoms with Gasteiger partial charge in [-0.05, 0) is 74.4 Å². The number of para-hydroxylation sites is 1. The third-order valence-electron chi connectivity index (χ3n) is 7.71. The van der Waals surface area contributed by atoms with Crippen LogP contribution in [0.15, 0.2) is 93.9 Å². The van der Waals surface area contributed by atoms with E-state index in [1.807, 2.05) is 60.7 Å². The van der Waals surface area contributed by atoms with Gasteiger partial charge in [0.1, 0.15) is 11.8 Å². The number of hydrogen-bond acceptors (Lipinski definition) is 6. The highest BCUT2D eigenvalue weighted by atomic mass is 32.1. The molecule has 6 rings (SSSR count). The van der Waals surface area contributed by atoms with Gasteiger partial charge in [-0.15, -0.1) is 0 Å². The normalized spacial score (nSPS) is 15.1. The summed E-state index contributed by atoms with van der Waals surface area (Å²) in [5, 5.41) is 1.86. The molecule has 1 aliphatic heterocycles. The van der Waals surface area contributed by atoms with Crippen LogP contribution in [0.3, 0.4) is 0 Å². The van der Waals surface area contributed by atoms with Crippen LogP contribution in [0.5, 0.6) is 5.75 Å². The number of esters is 1. The Bertz CT molecular complexity index is 2070. The maximum atomic E-state index is 14.3. The van der Waals surface area contributed by atoms with Crippen molar-refractivity contribution in [2.45, 2.75) is 33.7 Å². The first-order chi connectivity index (χ1) is 20.3. The highest BCUT2D eigenvalue weighted by Gasteiger charge is 2.36. The van der Waals surface area contributed by atoms with Crippen molar-refractivity contribution in [3.05, 3.63) is 126 Å². The molecule has 2 aromatic heterocycles. The van der Waals surface area contributed by atoms with E-state index >= 15 is 0 Å². The fraction of sp³-hybridized carbons (Fsp3) is 0.206. The van der Waals surface area contributed by atoms with Gasteiger partial charge in [0.2, 0.25) is 0 Å². The molecule has 3 aromatic carbocycles. The van der Waals surface area contributed by atoms with E-state index in [0.29, 0.717) is 26.4 Å². The molecule has 0 saturated carbocycles. The third kappa shape index (κ3) is 4.48. The van der Waals surface area contributed by atoms with E-state index in [-0.39, 0.29) is 12.2 Å². The van der Waals surface area contributed by atoms with Crippen LogP contribution < -0.4 is 19.6 Å². The topological polar surface area (TPSA) is 74.8 Å². The van der Waals surface area contributed by atoms with Crippen molar-refractivity contribution in [1.82, 2.24) is 9.13 Å². The lowest BCUT2D eigenvalue weighted by atomic mass is 9.90. The monoisotopic (exact) mass is 577 g/mol. The predicted octanol–water partition coefficient (Wildman–Crippen LogP) is 5.37. The van der Waals surface area contributed by atoms with Gasteiger partial charge in [-0.2, -0.15) is 0 Å². The second kappa shape index (κ2) is 10.9. The summed E-state index contributed by atoms with van der Waals surface area (Å²) in [6.45, 7) is 7.87. The number of fused-ring (bicyclic) bond motifs is 2. The Hall–Kier alpha value is -4.69. The van der Waals surface area contributed by atoms with Gasteiger partial charge in [0, 0.05) is 22.6 Å². The van der Waals surface area contributed by atoms with Gasteiger partial charge in [0.15, 0.2) is 4.80 Å². The number of rotatable bonds is 6. The van der Waals surface area contributed by atoms with Crippen LogP contribution in [0, 0.1) is 13.8 Å². The summed E-state index contributed by atoms with van der Waals surface area (Å²) in [5.74, 6) is 0.0793. The fourth-order valence-electron chi connectivity index (χ4n) is 5.85. The van der Waals surface area contributed by atoms with Crippen molar-refractivity contribution in [3.8, 4) is 11.4 Å². The lowest BCUT2D eigenvalue weighted by molar-refractivity contribution is -0.139. The van der Waals surface area contributed by atoms with Crippen molar-refractivity contribution in [1.29, 1.82) is 0 Å². The molecule has 1 atom stereocenters. The van der Waals surface area contributed by atoms with Gasteiger partial charge in [0.25, 0.3) is 5.56 Å². The molecule has 0 saturated heterocycles. The van der Waals surface area contributed by atoms with E-state index < -0.39 is 12.0 Å². The standard InChI is InChI=1S/C34H31N3O4S/c1-6-41-33(39)29-21(3)35-34-37(31(29)30-26-15-11-10-12-23(26)16-17-27(30)40-5)32(38)28(42-34)19-24-18-20(2)36(22(24)4)25-13-8-7-9-14-25/h7-19,31H,6H2,1-5H3/b28-19+/t31-/m0/s1. The molecule has 7 nitrogen and oxygen atoms in total. The molecular weight excluding hydrogens is 546 g/mol. The van der Waals surface area contributed by atoms with Crippen molar-refractivity contribution in [3.63, 3.8) is 0 Å². The second-order valence-corrected chi connectivity index (χ2v) is 11.2. The molecular formula is C34H31N3O4S. The number of ether oxygens (including phenoxy) is 2. The minimum Gasteiger partial charge on any atom is -0.496 e. The number of carbonyl (C=O) groups excluding carboxylic acids is 1. The molecule has 42 heavy (non-hydrogen) atoms. The zero-order chi connectivity index (χ0) is 29.5. The molecule has 0 spiro atoms. The number of benzene rings is 3. The summed E-state index contributed by atoms with van der Waals surface area (Å²) in [4.78, 5) is 33.0. The molecule has 0 amide bonds. The minimum atomic E-state index is -0.778. The van der Waals surface area contributed by atoms with Crippen LogP contribution in [0.4, 0.5) is 0 Å². The van der Waals surface area contributed by atoms with Crippen molar-refractivity contribution < 1.29 is 14.3 Å². The summed E-state index contributed by atoms with van der Waals surface area (Å²) < 4.78 is 15.7. The molecule has 0 radical (unpaired) electrons. The van der Waals surface area contributed by atoms with E-state index in [2.05, 4.69) is 36.6 Å². The highest BCUT2D eigenvalue weighted by Crippen LogP contribution is 2.40. The Balaban J connectivity index is 1.62. The first-order valence-corrected chi connectivity index (χ1v) is 14.6. The van der Waals surface area contributed by atoms with E-state index in [1.165, 1.54) is 11.3 Å². The SMILES string of the molecule is CCOC(=O)C1=C(C)N=c2s/c(=C/c3cc(C)n(-c4ccccc4)c3C)c(=O)n2[C@@H]1c1c(OC)ccc2ccccc12. The maximum absolute atomic E-state index is 14.3. The van der Waals surface area contributed by atoms with Crippen molar-refractivity contribution >= 4 is 34.2 Å². The van der Waals surface area contributed by atoms with E-state index in [1.54, 1.807) is 25.5 Å². The van der Waals surface area contributed by atoms with Gasteiger partial charge < -0.3 is 14.0 Å². The molecule has 1 aliphatic rings. The first-order valence-electron chi connectivity index (χ1n) is 13.8. The Morgan fingerprint density at radius 2 is 1.76 bits per heavy atom. The molecule has 8 heteroatoms. The second-order valence-electron chi connectivity index (χ2n) is 10.2. The number of aromatic nitrogens is 2. The summed E-state index contributed by atoms with van der Waals surface area (Å²) >= 11 is 1.32. The van der Waals surface area contributed by atoms with Crippen LogP contribution in [0.1, 0.15) is 42.4 Å². The number of nitrogens with zero attached hydrogens (tertiary/aromatic N) is 3. The van der Waals surface area contributed by atoms with Gasteiger partial charge in [-0.25, -0.2) is 9.79 Å². The average molecular weight is 578 g/mol. The lowest BCUT2D eigenvalue weighted by Crippen LogP contribution is -2.40. The van der Waals surface area contributed by atoms with Gasteiger partial charge in [0.05, 0.1) is 29.5 Å². The molecule has 0 N–H and O–H groups in total. The highest BCUT2D eigenvalue weighted by molar-refractivity contribution is 7.07. The van der Waals surface area contributed by atoms with Crippen LogP contribution in [0.25, 0.3) is 22.5 Å². The van der Waals surface area contributed by atoms with Crippen LogP contribution in [-0.2, 0) is 9.53 Å². The maximum Gasteiger partial charge on any atom is 0.338 e. The smallest absolute Gasteiger partial charge is 0.338 e. The van der Waals surface area contributed by atoms with E-state index in [9.17, 15) is 9.59 Å². The molecule has 5 aromatic rings. The molecule has 0 fully saturated rings. The number of hydrogen-bond donors (Lipinski definition) is 0. The zero-order valence-electron chi connectivity index (χ0n) is 24.2. The lowest BCUT2D eigenvalue weighted by Gasteiger charge is -2.27. The third-order valence-corrected chi connectivity index (χ3v) is 8.70. The summed E-state index contributed by atoms with van der Waals surface area (Å²) in [5.41, 5.74) is 5.45. The van der Waals surface area contributed by atoms with E-state index in [4.69, 9.17) is 14.5 Å². The van der Waals surface area contributed by atoms with Gasteiger partial charge in [-0.3, -0.25) is 9.36 Å². The summed E-state index contributed by atoms with van der Waals surface area (Å²) in [6.07, 6.45) is 1.92. The number of methoxy groups -OCH3 is 1. The molecule has 0 bridgehead atoms. The molecule has 3 heterocycles. The largest absolute Gasteiger partial charge is 0.496 e. The van der Waals surface area contributed by atoms with Crippen LogP contribution in [-0.4, -0.2) is 28.8 Å². The van der Waals surface area contributed by atoms with Gasteiger partial charge in [-0.1, -0.05) is 59.9 Å². The van der Waals surface area contributed by atoms with Gasteiger partial charge >= 0.3 is 5.97 Å². The number of carbonyl (C=O) groups is 1. The Labute approximate surface area is 247 Å². The summed E-state index contributed by atoms with van der Waals surface area (Å²) in [7, 11) is 1.60. The van der Waals surface area contributed by atoms with E-state index in [0.717, 1.165) is 39.0 Å². The average Bonchev–Trinajstić information content (AvgIpc) is 3.45. The van der Waals surface area contributed by atoms with Crippen LogP contribution >= 0.6 is 11.3 Å². The summed E-state index contributed by atoms with van der Waals surface area (Å²) in [6, 6.07) is 23.2. The molecule has 0 unspecified atom stereocenters. The molecule has 0 aliphatic carbocycles.